The predicted octanol–water partition coefficient (Wildman–Crippen LogP) is 2.14. The van der Waals surface area contributed by atoms with E-state index in [9.17, 15) is 10.2 Å². The quantitative estimate of drug-likeness (QED) is 0.706. The Bertz CT molecular complexity index is 269. The highest BCUT2D eigenvalue weighted by Crippen LogP contribution is 2.26. The summed E-state index contributed by atoms with van der Waals surface area (Å²) < 4.78 is 0. The first-order chi connectivity index (χ1) is 5.65. The summed E-state index contributed by atoms with van der Waals surface area (Å²) in [5.41, 5.74) is 1.67. The third kappa shape index (κ3) is 1.77. The normalized spacial score (nSPS) is 12.9. The van der Waals surface area contributed by atoms with Crippen molar-refractivity contribution in [3.63, 3.8) is 0 Å². The van der Waals surface area contributed by atoms with Gasteiger partial charge in [-0.05, 0) is 25.5 Å². The van der Waals surface area contributed by atoms with Gasteiger partial charge in [-0.25, -0.2) is 0 Å². The second kappa shape index (κ2) is 3.59. The largest absolute Gasteiger partial charge is 0.508 e. The fraction of sp³-hybridized carbons (Fsp3) is 0.400. The van der Waals surface area contributed by atoms with Crippen molar-refractivity contribution in [2.45, 2.75) is 26.4 Å². The van der Waals surface area contributed by atoms with Crippen molar-refractivity contribution in [1.82, 2.24) is 0 Å². The van der Waals surface area contributed by atoms with Crippen LogP contribution in [-0.2, 0) is 0 Å². The molecule has 0 radical (unpaired) electrons. The molecule has 0 aliphatic carbocycles. The van der Waals surface area contributed by atoms with Crippen LogP contribution in [0, 0.1) is 6.92 Å². The van der Waals surface area contributed by atoms with Crippen molar-refractivity contribution in [3.8, 4) is 5.75 Å². The van der Waals surface area contributed by atoms with Gasteiger partial charge in [-0.2, -0.15) is 0 Å². The smallest absolute Gasteiger partial charge is 0.121 e. The van der Waals surface area contributed by atoms with Crippen LogP contribution in [0.3, 0.4) is 0 Å². The van der Waals surface area contributed by atoms with E-state index in [1.54, 1.807) is 6.07 Å². The van der Waals surface area contributed by atoms with Gasteiger partial charge >= 0.3 is 0 Å². The van der Waals surface area contributed by atoms with Crippen LogP contribution in [0.2, 0.25) is 0 Å². The second-order valence-electron chi connectivity index (χ2n) is 2.99. The molecule has 1 rings (SSSR count). The Hall–Kier alpha value is -1.02. The first kappa shape index (κ1) is 9.07. The molecule has 0 heterocycles. The van der Waals surface area contributed by atoms with Crippen molar-refractivity contribution >= 4 is 0 Å². The van der Waals surface area contributed by atoms with Gasteiger partial charge in [-0.3, -0.25) is 0 Å². The molecule has 2 N–H and O–H groups in total. The molecule has 1 atom stereocenters. The predicted molar refractivity (Wildman–Crippen MR) is 48.1 cm³/mol. The van der Waals surface area contributed by atoms with Crippen LogP contribution < -0.4 is 0 Å². The summed E-state index contributed by atoms with van der Waals surface area (Å²) in [6.45, 7) is 3.82. The fourth-order valence-corrected chi connectivity index (χ4v) is 1.16. The maximum atomic E-state index is 9.47. The molecule has 0 aromatic heterocycles. The molecule has 0 aliphatic heterocycles. The maximum absolute atomic E-state index is 9.47. The van der Waals surface area contributed by atoms with Crippen molar-refractivity contribution in [2.75, 3.05) is 0 Å². The highest BCUT2D eigenvalue weighted by atomic mass is 16.3. The maximum Gasteiger partial charge on any atom is 0.121 e. The van der Waals surface area contributed by atoms with E-state index in [4.69, 9.17) is 0 Å². The second-order valence-corrected chi connectivity index (χ2v) is 2.99. The van der Waals surface area contributed by atoms with Gasteiger partial charge in [0.15, 0.2) is 0 Å². The summed E-state index contributed by atoms with van der Waals surface area (Å²) in [6.07, 6.45) is 0.0710. The molecule has 0 amide bonds. The first-order valence-electron chi connectivity index (χ1n) is 4.12. The summed E-state index contributed by atoms with van der Waals surface area (Å²) in [6, 6.07) is 5.24. The number of hydrogen-bond acceptors (Lipinski definition) is 2. The Kier molecular flexibility index (Phi) is 2.71. The van der Waals surface area contributed by atoms with Gasteiger partial charge in [0.1, 0.15) is 5.75 Å². The van der Waals surface area contributed by atoms with Gasteiger partial charge in [-0.15, -0.1) is 0 Å². The SMILES string of the molecule is CCC(O)c1cc(C)ccc1O. The number of aryl methyl sites for hydroxylation is 1. The zero-order valence-electron chi connectivity index (χ0n) is 7.41. The number of hydrogen-bond donors (Lipinski definition) is 2. The summed E-state index contributed by atoms with van der Waals surface area (Å²) >= 11 is 0. The lowest BCUT2D eigenvalue weighted by molar-refractivity contribution is 0.170. The molecule has 2 heteroatoms. The molecule has 66 valence electrons. The third-order valence-electron chi connectivity index (χ3n) is 1.93. The molecule has 0 fully saturated rings. The van der Waals surface area contributed by atoms with Gasteiger partial charge in [-0.1, -0.05) is 18.6 Å². The molecule has 0 aliphatic rings. The molecule has 1 aromatic carbocycles. The Labute approximate surface area is 72.5 Å². The van der Waals surface area contributed by atoms with E-state index in [2.05, 4.69) is 0 Å². The molecule has 1 unspecified atom stereocenters. The van der Waals surface area contributed by atoms with Crippen LogP contribution >= 0.6 is 0 Å². The van der Waals surface area contributed by atoms with Crippen LogP contribution in [0.1, 0.15) is 30.6 Å². The fourth-order valence-electron chi connectivity index (χ4n) is 1.16. The third-order valence-corrected chi connectivity index (χ3v) is 1.93. The summed E-state index contributed by atoms with van der Waals surface area (Å²) in [4.78, 5) is 0. The lowest BCUT2D eigenvalue weighted by atomic mass is 10.0. The number of phenols is 1. The molecule has 0 spiro atoms. The van der Waals surface area contributed by atoms with Crippen LogP contribution in [0.25, 0.3) is 0 Å². The number of phenolic OH excluding ortho intramolecular Hbond substituents is 1. The van der Waals surface area contributed by atoms with Gasteiger partial charge in [0.2, 0.25) is 0 Å². The van der Waals surface area contributed by atoms with Crippen molar-refractivity contribution in [1.29, 1.82) is 0 Å². The van der Waals surface area contributed by atoms with E-state index in [1.165, 1.54) is 0 Å². The number of aliphatic hydroxyl groups excluding tert-OH is 1. The van der Waals surface area contributed by atoms with E-state index >= 15 is 0 Å². The molecule has 0 bridgehead atoms. The van der Waals surface area contributed by atoms with Gasteiger partial charge in [0, 0.05) is 5.56 Å². The van der Waals surface area contributed by atoms with E-state index in [1.807, 2.05) is 26.0 Å². The van der Waals surface area contributed by atoms with Crippen molar-refractivity contribution < 1.29 is 10.2 Å². The van der Waals surface area contributed by atoms with Gasteiger partial charge in [0.25, 0.3) is 0 Å². The molecule has 2 nitrogen and oxygen atoms in total. The van der Waals surface area contributed by atoms with Gasteiger partial charge in [0.05, 0.1) is 6.10 Å². The number of benzene rings is 1. The van der Waals surface area contributed by atoms with Crippen LogP contribution in [0.5, 0.6) is 5.75 Å². The summed E-state index contributed by atoms with van der Waals surface area (Å²) in [7, 11) is 0. The first-order valence-corrected chi connectivity index (χ1v) is 4.12. The topological polar surface area (TPSA) is 40.5 Å². The summed E-state index contributed by atoms with van der Waals surface area (Å²) in [5, 5.41) is 18.9. The van der Waals surface area contributed by atoms with E-state index in [-0.39, 0.29) is 5.75 Å². The Morgan fingerprint density at radius 2 is 2.08 bits per heavy atom. The Morgan fingerprint density at radius 3 is 2.67 bits per heavy atom. The average molecular weight is 166 g/mol. The van der Waals surface area contributed by atoms with E-state index in [0.717, 1.165) is 5.56 Å². The Balaban J connectivity index is 3.04. The molecule has 0 saturated carbocycles. The minimum atomic E-state index is -0.551. The molecule has 1 aromatic rings. The highest BCUT2D eigenvalue weighted by molar-refractivity contribution is 5.37. The lowest BCUT2D eigenvalue weighted by Gasteiger charge is -2.10. The van der Waals surface area contributed by atoms with Crippen LogP contribution in [0.15, 0.2) is 18.2 Å². The van der Waals surface area contributed by atoms with E-state index in [0.29, 0.717) is 12.0 Å². The van der Waals surface area contributed by atoms with Crippen molar-refractivity contribution in [3.05, 3.63) is 29.3 Å². The molecule has 0 saturated heterocycles. The van der Waals surface area contributed by atoms with Crippen LogP contribution in [-0.4, -0.2) is 10.2 Å². The molecular formula is C10H14O2. The summed E-state index contributed by atoms with van der Waals surface area (Å²) in [5.74, 6) is 0.176. The molecule has 12 heavy (non-hydrogen) atoms. The monoisotopic (exact) mass is 166 g/mol. The van der Waals surface area contributed by atoms with E-state index < -0.39 is 6.10 Å². The minimum Gasteiger partial charge on any atom is -0.508 e. The zero-order chi connectivity index (χ0) is 9.14. The Morgan fingerprint density at radius 1 is 1.42 bits per heavy atom. The van der Waals surface area contributed by atoms with Gasteiger partial charge < -0.3 is 10.2 Å². The van der Waals surface area contributed by atoms with Crippen molar-refractivity contribution in [2.24, 2.45) is 0 Å². The number of aromatic hydroxyl groups is 1. The number of aliphatic hydroxyl groups is 1. The standard InChI is InChI=1S/C10H14O2/c1-3-9(11)8-6-7(2)4-5-10(8)12/h4-6,9,11-12H,3H2,1-2H3. The van der Waals surface area contributed by atoms with Crippen LogP contribution in [0.4, 0.5) is 0 Å². The number of rotatable bonds is 2. The lowest BCUT2D eigenvalue weighted by Crippen LogP contribution is -1.95. The minimum absolute atomic E-state index is 0.176. The average Bonchev–Trinajstić information content (AvgIpc) is 2.08. The highest BCUT2D eigenvalue weighted by Gasteiger charge is 2.09. The molecular weight excluding hydrogens is 152 g/mol. The zero-order valence-corrected chi connectivity index (χ0v) is 7.41.